The van der Waals surface area contributed by atoms with Gasteiger partial charge in [-0.15, -0.1) is 0 Å². The SMILES string of the molecule is COc1cc(O)ccc1[C@H](N)C(C)(C)C. The summed E-state index contributed by atoms with van der Waals surface area (Å²) >= 11 is 0. The molecule has 0 spiro atoms. The predicted octanol–water partition coefficient (Wildman–Crippen LogP) is 2.45. The minimum Gasteiger partial charge on any atom is -0.508 e. The lowest BCUT2D eigenvalue weighted by molar-refractivity contribution is 0.313. The maximum Gasteiger partial charge on any atom is 0.127 e. The molecule has 0 saturated carbocycles. The molecule has 0 heterocycles. The van der Waals surface area contributed by atoms with Gasteiger partial charge in [0.25, 0.3) is 0 Å². The Bertz CT molecular complexity index is 342. The van der Waals surface area contributed by atoms with Crippen molar-refractivity contribution in [3.63, 3.8) is 0 Å². The lowest BCUT2D eigenvalue weighted by Crippen LogP contribution is -2.26. The summed E-state index contributed by atoms with van der Waals surface area (Å²) in [5, 5.41) is 9.33. The van der Waals surface area contributed by atoms with Crippen LogP contribution in [0.15, 0.2) is 18.2 Å². The van der Waals surface area contributed by atoms with E-state index in [2.05, 4.69) is 20.8 Å². The number of aromatic hydroxyl groups is 1. The molecule has 0 aromatic heterocycles. The molecular weight excluding hydrogens is 190 g/mol. The Morgan fingerprint density at radius 3 is 2.40 bits per heavy atom. The van der Waals surface area contributed by atoms with Crippen LogP contribution in [0.5, 0.6) is 11.5 Å². The molecule has 0 aliphatic carbocycles. The first-order chi connectivity index (χ1) is 6.86. The summed E-state index contributed by atoms with van der Waals surface area (Å²) in [5.74, 6) is 0.828. The molecule has 1 aromatic rings. The van der Waals surface area contributed by atoms with Crippen LogP contribution in [-0.2, 0) is 0 Å². The highest BCUT2D eigenvalue weighted by Gasteiger charge is 2.25. The molecule has 0 saturated heterocycles. The number of phenols is 1. The van der Waals surface area contributed by atoms with E-state index >= 15 is 0 Å². The van der Waals surface area contributed by atoms with Crippen molar-refractivity contribution >= 4 is 0 Å². The van der Waals surface area contributed by atoms with Gasteiger partial charge in [-0.2, -0.15) is 0 Å². The molecule has 0 unspecified atom stereocenters. The van der Waals surface area contributed by atoms with Crippen LogP contribution in [0, 0.1) is 5.41 Å². The van der Waals surface area contributed by atoms with E-state index in [1.807, 2.05) is 6.07 Å². The molecule has 84 valence electrons. The first kappa shape index (κ1) is 11.9. The number of rotatable bonds is 2. The molecule has 0 aliphatic heterocycles. The Morgan fingerprint density at radius 1 is 1.33 bits per heavy atom. The Kier molecular flexibility index (Phi) is 3.25. The van der Waals surface area contributed by atoms with Gasteiger partial charge in [-0.1, -0.05) is 26.8 Å². The van der Waals surface area contributed by atoms with Crippen LogP contribution in [0.1, 0.15) is 32.4 Å². The summed E-state index contributed by atoms with van der Waals surface area (Å²) in [5.41, 5.74) is 7.02. The molecule has 0 bridgehead atoms. The maximum absolute atomic E-state index is 9.33. The Labute approximate surface area is 90.9 Å². The summed E-state index contributed by atoms with van der Waals surface area (Å²) in [6.07, 6.45) is 0. The number of phenolic OH excluding ortho intramolecular Hbond substituents is 1. The van der Waals surface area contributed by atoms with Crippen molar-refractivity contribution in [2.75, 3.05) is 7.11 Å². The zero-order valence-corrected chi connectivity index (χ0v) is 9.74. The Hall–Kier alpha value is -1.22. The first-order valence-corrected chi connectivity index (χ1v) is 4.98. The third-order valence-corrected chi connectivity index (χ3v) is 2.49. The average Bonchev–Trinajstić information content (AvgIpc) is 2.15. The third-order valence-electron chi connectivity index (χ3n) is 2.49. The molecule has 0 amide bonds. The predicted molar refractivity (Wildman–Crippen MR) is 61.0 cm³/mol. The van der Waals surface area contributed by atoms with Crippen LogP contribution in [0.4, 0.5) is 0 Å². The van der Waals surface area contributed by atoms with Gasteiger partial charge in [0.05, 0.1) is 7.11 Å². The fourth-order valence-corrected chi connectivity index (χ4v) is 1.42. The molecule has 1 aromatic carbocycles. The normalized spacial score (nSPS) is 13.7. The summed E-state index contributed by atoms with van der Waals surface area (Å²) in [4.78, 5) is 0. The summed E-state index contributed by atoms with van der Waals surface area (Å²) in [7, 11) is 1.58. The summed E-state index contributed by atoms with van der Waals surface area (Å²) in [6, 6.07) is 4.90. The number of ether oxygens (including phenoxy) is 1. The second kappa shape index (κ2) is 4.11. The van der Waals surface area contributed by atoms with Gasteiger partial charge in [0.2, 0.25) is 0 Å². The molecule has 0 aliphatic rings. The van der Waals surface area contributed by atoms with Crippen molar-refractivity contribution in [2.45, 2.75) is 26.8 Å². The van der Waals surface area contributed by atoms with Crippen molar-refractivity contribution in [1.82, 2.24) is 0 Å². The van der Waals surface area contributed by atoms with Crippen molar-refractivity contribution in [1.29, 1.82) is 0 Å². The van der Waals surface area contributed by atoms with Gasteiger partial charge < -0.3 is 15.6 Å². The fraction of sp³-hybridized carbons (Fsp3) is 0.500. The molecule has 3 N–H and O–H groups in total. The highest BCUT2D eigenvalue weighted by molar-refractivity contribution is 5.42. The number of benzene rings is 1. The molecule has 1 atom stereocenters. The van der Waals surface area contributed by atoms with E-state index in [4.69, 9.17) is 10.5 Å². The quantitative estimate of drug-likeness (QED) is 0.786. The summed E-state index contributed by atoms with van der Waals surface area (Å²) in [6.45, 7) is 6.22. The Morgan fingerprint density at radius 2 is 1.93 bits per heavy atom. The molecule has 15 heavy (non-hydrogen) atoms. The zero-order chi connectivity index (χ0) is 11.6. The number of methoxy groups -OCH3 is 1. The number of hydrogen-bond acceptors (Lipinski definition) is 3. The van der Waals surface area contributed by atoms with Gasteiger partial charge in [-0.25, -0.2) is 0 Å². The van der Waals surface area contributed by atoms with E-state index in [1.165, 1.54) is 0 Å². The van der Waals surface area contributed by atoms with Crippen LogP contribution in [0.3, 0.4) is 0 Å². The van der Waals surface area contributed by atoms with Crippen LogP contribution in [0.2, 0.25) is 0 Å². The molecule has 0 radical (unpaired) electrons. The third kappa shape index (κ3) is 2.63. The molecule has 3 heteroatoms. The summed E-state index contributed by atoms with van der Waals surface area (Å²) < 4.78 is 5.20. The largest absolute Gasteiger partial charge is 0.508 e. The highest BCUT2D eigenvalue weighted by atomic mass is 16.5. The number of hydrogen-bond donors (Lipinski definition) is 2. The minimum atomic E-state index is -0.118. The standard InChI is InChI=1S/C12H19NO2/c1-12(2,3)11(13)9-6-5-8(14)7-10(9)15-4/h5-7,11,14H,13H2,1-4H3/t11-/m0/s1. The monoisotopic (exact) mass is 209 g/mol. The van der Waals surface area contributed by atoms with Crippen molar-refractivity contribution in [3.05, 3.63) is 23.8 Å². The molecule has 1 rings (SSSR count). The highest BCUT2D eigenvalue weighted by Crippen LogP contribution is 2.36. The van der Waals surface area contributed by atoms with Gasteiger partial charge >= 0.3 is 0 Å². The van der Waals surface area contributed by atoms with Gasteiger partial charge in [0.1, 0.15) is 11.5 Å². The number of nitrogens with two attached hydrogens (primary N) is 1. The molecule has 3 nitrogen and oxygen atoms in total. The first-order valence-electron chi connectivity index (χ1n) is 4.98. The van der Waals surface area contributed by atoms with Crippen LogP contribution in [0.25, 0.3) is 0 Å². The Balaban J connectivity index is 3.14. The van der Waals surface area contributed by atoms with E-state index in [-0.39, 0.29) is 17.2 Å². The van der Waals surface area contributed by atoms with Crippen LogP contribution < -0.4 is 10.5 Å². The minimum absolute atomic E-state index is 0.0374. The van der Waals surface area contributed by atoms with Gasteiger partial charge in [-0.3, -0.25) is 0 Å². The van der Waals surface area contributed by atoms with E-state index in [0.29, 0.717) is 5.75 Å². The molecule has 0 fully saturated rings. The van der Waals surface area contributed by atoms with Crippen molar-refractivity contribution in [3.8, 4) is 11.5 Å². The van der Waals surface area contributed by atoms with E-state index in [9.17, 15) is 5.11 Å². The van der Waals surface area contributed by atoms with Gasteiger partial charge in [0.15, 0.2) is 0 Å². The lowest BCUT2D eigenvalue weighted by Gasteiger charge is -2.28. The lowest BCUT2D eigenvalue weighted by atomic mass is 9.83. The van der Waals surface area contributed by atoms with Gasteiger partial charge in [0, 0.05) is 17.7 Å². The molecular formula is C12H19NO2. The second-order valence-electron chi connectivity index (χ2n) is 4.77. The smallest absolute Gasteiger partial charge is 0.127 e. The van der Waals surface area contributed by atoms with Gasteiger partial charge in [-0.05, 0) is 11.5 Å². The zero-order valence-electron chi connectivity index (χ0n) is 9.74. The fourth-order valence-electron chi connectivity index (χ4n) is 1.42. The van der Waals surface area contributed by atoms with Crippen molar-refractivity contribution in [2.24, 2.45) is 11.1 Å². The van der Waals surface area contributed by atoms with E-state index in [1.54, 1.807) is 19.2 Å². The average molecular weight is 209 g/mol. The van der Waals surface area contributed by atoms with Crippen LogP contribution >= 0.6 is 0 Å². The van der Waals surface area contributed by atoms with Crippen LogP contribution in [-0.4, -0.2) is 12.2 Å². The second-order valence-corrected chi connectivity index (χ2v) is 4.77. The maximum atomic E-state index is 9.33. The van der Waals surface area contributed by atoms with E-state index < -0.39 is 0 Å². The topological polar surface area (TPSA) is 55.5 Å². The van der Waals surface area contributed by atoms with E-state index in [0.717, 1.165) is 5.56 Å². The van der Waals surface area contributed by atoms with Crippen molar-refractivity contribution < 1.29 is 9.84 Å².